The maximum atomic E-state index is 12.9. The zero-order chi connectivity index (χ0) is 16.6. The van der Waals surface area contributed by atoms with Crippen LogP contribution >= 0.6 is 0 Å². The maximum absolute atomic E-state index is 12.9. The SMILES string of the molecule is Cc1cc(C(=O)N2CC(C(=O)N(C)C)C3(CCCC3)C2)ccn1. The first-order chi connectivity index (χ1) is 10.9. The molecule has 5 heteroatoms. The summed E-state index contributed by atoms with van der Waals surface area (Å²) in [4.78, 5) is 33.2. The highest BCUT2D eigenvalue weighted by atomic mass is 16.2. The van der Waals surface area contributed by atoms with Crippen molar-refractivity contribution in [3.8, 4) is 0 Å². The van der Waals surface area contributed by atoms with Gasteiger partial charge in [-0.3, -0.25) is 14.6 Å². The van der Waals surface area contributed by atoms with Gasteiger partial charge in [-0.1, -0.05) is 12.8 Å². The fourth-order valence-electron chi connectivity index (χ4n) is 4.22. The van der Waals surface area contributed by atoms with E-state index in [1.54, 1.807) is 17.2 Å². The molecule has 1 aliphatic carbocycles. The normalized spacial score (nSPS) is 22.6. The highest BCUT2D eigenvalue weighted by molar-refractivity contribution is 5.95. The standard InChI is InChI=1S/C18H25N3O2/c1-13-10-14(6-9-19-13)16(22)21-11-15(17(23)20(2)3)18(12-21)7-4-5-8-18/h6,9-10,15H,4-5,7-8,11-12H2,1-3H3. The van der Waals surface area contributed by atoms with E-state index < -0.39 is 0 Å². The lowest BCUT2D eigenvalue weighted by atomic mass is 9.76. The summed E-state index contributed by atoms with van der Waals surface area (Å²) in [6, 6.07) is 3.59. The van der Waals surface area contributed by atoms with Gasteiger partial charge in [0, 0.05) is 50.1 Å². The molecule has 0 aromatic carbocycles. The third-order valence-electron chi connectivity index (χ3n) is 5.42. The molecule has 3 rings (SSSR count). The van der Waals surface area contributed by atoms with Gasteiger partial charge >= 0.3 is 0 Å². The molecular formula is C18H25N3O2. The van der Waals surface area contributed by atoms with Crippen LogP contribution in [0.2, 0.25) is 0 Å². The summed E-state index contributed by atoms with van der Waals surface area (Å²) in [5, 5.41) is 0. The Balaban J connectivity index is 1.85. The van der Waals surface area contributed by atoms with Gasteiger partial charge in [0.2, 0.25) is 5.91 Å². The van der Waals surface area contributed by atoms with Crippen LogP contribution in [0.4, 0.5) is 0 Å². The predicted octanol–water partition coefficient (Wildman–Crippen LogP) is 2.11. The monoisotopic (exact) mass is 315 g/mol. The lowest BCUT2D eigenvalue weighted by Crippen LogP contribution is -2.39. The summed E-state index contributed by atoms with van der Waals surface area (Å²) in [6.45, 7) is 3.13. The van der Waals surface area contributed by atoms with Crippen molar-refractivity contribution in [1.29, 1.82) is 0 Å². The van der Waals surface area contributed by atoms with Crippen LogP contribution < -0.4 is 0 Å². The van der Waals surface area contributed by atoms with E-state index in [2.05, 4.69) is 4.98 Å². The van der Waals surface area contributed by atoms with Crippen LogP contribution in [-0.2, 0) is 4.79 Å². The van der Waals surface area contributed by atoms with E-state index in [0.717, 1.165) is 31.4 Å². The summed E-state index contributed by atoms with van der Waals surface area (Å²) in [5.74, 6) is 0.121. The van der Waals surface area contributed by atoms with Gasteiger partial charge in [-0.05, 0) is 31.9 Å². The highest BCUT2D eigenvalue weighted by Crippen LogP contribution is 2.49. The lowest BCUT2D eigenvalue weighted by molar-refractivity contribution is -0.135. The first kappa shape index (κ1) is 16.0. The van der Waals surface area contributed by atoms with Crippen molar-refractivity contribution in [2.24, 2.45) is 11.3 Å². The molecule has 5 nitrogen and oxygen atoms in total. The first-order valence-electron chi connectivity index (χ1n) is 8.36. The molecule has 1 aromatic heterocycles. The van der Waals surface area contributed by atoms with Gasteiger partial charge in [0.05, 0.1) is 5.92 Å². The molecule has 1 aromatic rings. The Morgan fingerprint density at radius 2 is 2.00 bits per heavy atom. The van der Waals surface area contributed by atoms with Gasteiger partial charge in [-0.25, -0.2) is 0 Å². The maximum Gasteiger partial charge on any atom is 0.254 e. The number of rotatable bonds is 2. The van der Waals surface area contributed by atoms with E-state index >= 15 is 0 Å². The Morgan fingerprint density at radius 3 is 2.61 bits per heavy atom. The van der Waals surface area contributed by atoms with Gasteiger partial charge in [-0.15, -0.1) is 0 Å². The molecule has 23 heavy (non-hydrogen) atoms. The third-order valence-corrected chi connectivity index (χ3v) is 5.42. The number of amides is 2. The van der Waals surface area contributed by atoms with Gasteiger partial charge in [0.15, 0.2) is 0 Å². The van der Waals surface area contributed by atoms with E-state index in [0.29, 0.717) is 18.7 Å². The topological polar surface area (TPSA) is 53.5 Å². The van der Waals surface area contributed by atoms with Crippen LogP contribution in [0.15, 0.2) is 18.3 Å². The summed E-state index contributed by atoms with van der Waals surface area (Å²) in [7, 11) is 3.61. The molecule has 0 N–H and O–H groups in total. The third kappa shape index (κ3) is 2.84. The lowest BCUT2D eigenvalue weighted by Gasteiger charge is -2.30. The summed E-state index contributed by atoms with van der Waals surface area (Å²) >= 11 is 0. The Bertz CT molecular complexity index is 620. The molecule has 1 spiro atoms. The zero-order valence-electron chi connectivity index (χ0n) is 14.2. The van der Waals surface area contributed by atoms with Crippen molar-refractivity contribution in [1.82, 2.24) is 14.8 Å². The van der Waals surface area contributed by atoms with Crippen LogP contribution in [0, 0.1) is 18.3 Å². The summed E-state index contributed by atoms with van der Waals surface area (Å²) < 4.78 is 0. The Morgan fingerprint density at radius 1 is 1.30 bits per heavy atom. The predicted molar refractivity (Wildman–Crippen MR) is 88.0 cm³/mol. The highest BCUT2D eigenvalue weighted by Gasteiger charge is 2.52. The quantitative estimate of drug-likeness (QED) is 0.840. The molecule has 0 radical (unpaired) electrons. The number of pyridine rings is 1. The van der Waals surface area contributed by atoms with E-state index in [4.69, 9.17) is 0 Å². The van der Waals surface area contributed by atoms with E-state index in [1.807, 2.05) is 32.0 Å². The number of hydrogen-bond acceptors (Lipinski definition) is 3. The molecule has 2 heterocycles. The number of aromatic nitrogens is 1. The smallest absolute Gasteiger partial charge is 0.254 e. The van der Waals surface area contributed by atoms with Crippen LogP contribution in [0.5, 0.6) is 0 Å². The molecule has 2 amide bonds. The Labute approximate surface area is 137 Å². The van der Waals surface area contributed by atoms with Gasteiger partial charge < -0.3 is 9.80 Å². The van der Waals surface area contributed by atoms with Crippen LogP contribution in [0.25, 0.3) is 0 Å². The molecule has 1 saturated heterocycles. The fraction of sp³-hybridized carbons (Fsp3) is 0.611. The van der Waals surface area contributed by atoms with Crippen LogP contribution in [0.3, 0.4) is 0 Å². The zero-order valence-corrected chi connectivity index (χ0v) is 14.2. The average molecular weight is 315 g/mol. The molecule has 1 aliphatic heterocycles. The van der Waals surface area contributed by atoms with Gasteiger partial charge in [-0.2, -0.15) is 0 Å². The number of aryl methyl sites for hydroxylation is 1. The minimum atomic E-state index is -0.0631. The van der Waals surface area contributed by atoms with Crippen molar-refractivity contribution in [3.63, 3.8) is 0 Å². The number of likely N-dealkylation sites (tertiary alicyclic amines) is 1. The van der Waals surface area contributed by atoms with E-state index in [9.17, 15) is 9.59 Å². The number of carbonyl (C=O) groups excluding carboxylic acids is 2. The molecule has 1 unspecified atom stereocenters. The molecule has 1 saturated carbocycles. The Kier molecular flexibility index (Phi) is 4.13. The molecule has 1 atom stereocenters. The molecule has 124 valence electrons. The van der Waals surface area contributed by atoms with Crippen molar-refractivity contribution in [2.45, 2.75) is 32.6 Å². The first-order valence-corrected chi connectivity index (χ1v) is 8.36. The largest absolute Gasteiger partial charge is 0.349 e. The second kappa shape index (κ2) is 5.95. The van der Waals surface area contributed by atoms with Crippen molar-refractivity contribution in [2.75, 3.05) is 27.2 Å². The van der Waals surface area contributed by atoms with Crippen LogP contribution in [0.1, 0.15) is 41.7 Å². The van der Waals surface area contributed by atoms with Gasteiger partial charge in [0.25, 0.3) is 5.91 Å². The van der Waals surface area contributed by atoms with Crippen LogP contribution in [-0.4, -0.2) is 53.8 Å². The summed E-state index contributed by atoms with van der Waals surface area (Å²) in [6.07, 6.45) is 6.10. The number of nitrogens with zero attached hydrogens (tertiary/aromatic N) is 3. The fourth-order valence-corrected chi connectivity index (χ4v) is 4.22. The number of carbonyl (C=O) groups is 2. The molecule has 2 aliphatic rings. The minimum Gasteiger partial charge on any atom is -0.349 e. The summed E-state index contributed by atoms with van der Waals surface area (Å²) in [5.41, 5.74) is 1.49. The van der Waals surface area contributed by atoms with Crippen molar-refractivity contribution >= 4 is 11.8 Å². The average Bonchev–Trinajstić information content (AvgIpc) is 3.14. The molecule has 0 bridgehead atoms. The minimum absolute atomic E-state index is 0.0148. The van der Waals surface area contributed by atoms with E-state index in [1.165, 1.54) is 0 Å². The second-order valence-corrected chi connectivity index (χ2v) is 7.23. The van der Waals surface area contributed by atoms with E-state index in [-0.39, 0.29) is 23.1 Å². The van der Waals surface area contributed by atoms with Gasteiger partial charge in [0.1, 0.15) is 0 Å². The van der Waals surface area contributed by atoms with Crippen molar-refractivity contribution < 1.29 is 9.59 Å². The Hall–Kier alpha value is -1.91. The van der Waals surface area contributed by atoms with Crippen molar-refractivity contribution in [3.05, 3.63) is 29.6 Å². The number of hydrogen-bond donors (Lipinski definition) is 0. The molecular weight excluding hydrogens is 290 g/mol. The second-order valence-electron chi connectivity index (χ2n) is 7.23. The molecule has 2 fully saturated rings.